The number of hydrogen-bond acceptors (Lipinski definition) is 8. The van der Waals surface area contributed by atoms with Crippen molar-refractivity contribution in [3.05, 3.63) is 75.6 Å². The van der Waals surface area contributed by atoms with Crippen molar-refractivity contribution in [2.75, 3.05) is 30.4 Å². The minimum Gasteiger partial charge on any atom is -0.496 e. The SMILES string of the molecule is COc1cccc(F)c1-c1nc2c(cc1F)c1c(c(=O)n2-c2c(C#N)cccc2C(C)C)NC(=O)C2CN(C(=O)OC(C)(C)C)C(C)CN12. The third kappa shape index (κ3) is 5.60. The van der Waals surface area contributed by atoms with Crippen molar-refractivity contribution in [3.8, 4) is 28.8 Å². The first-order chi connectivity index (χ1) is 23.2. The Balaban J connectivity index is 1.68. The highest BCUT2D eigenvalue weighted by atomic mass is 19.1. The maximum absolute atomic E-state index is 16.4. The second-order valence-electron chi connectivity index (χ2n) is 13.5. The summed E-state index contributed by atoms with van der Waals surface area (Å²) in [5, 5.41) is 13.1. The van der Waals surface area contributed by atoms with Gasteiger partial charge in [0.1, 0.15) is 40.7 Å². The lowest BCUT2D eigenvalue weighted by Crippen LogP contribution is -2.65. The number of nitrogens with one attached hydrogen (secondary N) is 1. The van der Waals surface area contributed by atoms with Gasteiger partial charge in [-0.05, 0) is 63.4 Å². The summed E-state index contributed by atoms with van der Waals surface area (Å²) in [5.41, 5.74) is -1.15. The number of nitriles is 1. The Morgan fingerprint density at radius 1 is 1.08 bits per heavy atom. The average molecular weight is 671 g/mol. The van der Waals surface area contributed by atoms with Gasteiger partial charge < -0.3 is 24.6 Å². The molecule has 2 atom stereocenters. The summed E-state index contributed by atoms with van der Waals surface area (Å²) in [6, 6.07) is 10.9. The number of pyridine rings is 2. The number of carbonyl (C=O) groups excluding carboxylic acids is 2. The zero-order chi connectivity index (χ0) is 35.5. The van der Waals surface area contributed by atoms with Gasteiger partial charge in [0.2, 0.25) is 5.91 Å². The van der Waals surface area contributed by atoms with Crippen LogP contribution in [0.3, 0.4) is 0 Å². The molecule has 4 heterocycles. The molecule has 1 N–H and O–H groups in total. The first-order valence-corrected chi connectivity index (χ1v) is 15.9. The molecule has 6 rings (SSSR count). The molecule has 0 aliphatic carbocycles. The molecule has 2 amide bonds. The summed E-state index contributed by atoms with van der Waals surface area (Å²) in [6.45, 7) is 10.8. The van der Waals surface area contributed by atoms with Crippen LogP contribution >= 0.6 is 0 Å². The molecule has 1 fully saturated rings. The summed E-state index contributed by atoms with van der Waals surface area (Å²) in [4.78, 5) is 49.3. The highest BCUT2D eigenvalue weighted by molar-refractivity contribution is 6.11. The van der Waals surface area contributed by atoms with Crippen LogP contribution in [0.2, 0.25) is 0 Å². The minimum absolute atomic E-state index is 0.0253. The predicted molar refractivity (Wildman–Crippen MR) is 180 cm³/mol. The molecule has 2 aromatic carbocycles. The molecule has 2 aliphatic heterocycles. The number of para-hydroxylation sites is 1. The number of piperazine rings is 1. The van der Waals surface area contributed by atoms with Gasteiger partial charge in [0, 0.05) is 18.0 Å². The van der Waals surface area contributed by atoms with E-state index in [1.807, 2.05) is 13.8 Å². The van der Waals surface area contributed by atoms with Crippen LogP contribution in [-0.4, -0.2) is 64.3 Å². The highest BCUT2D eigenvalue weighted by Gasteiger charge is 2.45. The molecule has 2 aromatic heterocycles. The van der Waals surface area contributed by atoms with Crippen LogP contribution in [-0.2, 0) is 9.53 Å². The maximum Gasteiger partial charge on any atom is 0.410 e. The predicted octanol–water partition coefficient (Wildman–Crippen LogP) is 6.10. The number of halogens is 2. The number of benzene rings is 2. The van der Waals surface area contributed by atoms with Crippen LogP contribution in [0, 0.1) is 23.0 Å². The molecule has 4 aromatic rings. The van der Waals surface area contributed by atoms with Gasteiger partial charge in [0.05, 0.1) is 36.2 Å². The maximum atomic E-state index is 16.4. The van der Waals surface area contributed by atoms with Crippen molar-refractivity contribution in [3.63, 3.8) is 0 Å². The average Bonchev–Trinajstić information content (AvgIpc) is 3.03. The second kappa shape index (κ2) is 12.2. The number of fused-ring (bicyclic) bond motifs is 5. The van der Waals surface area contributed by atoms with E-state index in [4.69, 9.17) is 9.47 Å². The third-order valence-electron chi connectivity index (χ3n) is 8.75. The van der Waals surface area contributed by atoms with E-state index in [-0.39, 0.29) is 64.0 Å². The molecule has 0 spiro atoms. The number of ether oxygens (including phenoxy) is 2. The minimum atomic E-state index is -0.957. The molecule has 13 heteroatoms. The lowest BCUT2D eigenvalue weighted by molar-refractivity contribution is -0.118. The standard InChI is InChI=1S/C36H36F2N6O5/c1-18(2)21-11-8-10-20(15-39)30(21)44-32-22(14-24(38)28(40-32)27-23(37)12-9-13-26(27)48-7)31-29(34(44)46)41-33(45)25-17-42(19(3)16-43(25)31)35(47)49-36(4,5)6/h8-14,18-19,25H,16-17H2,1-7H3,(H,41,45). The van der Waals surface area contributed by atoms with Gasteiger partial charge >= 0.3 is 6.09 Å². The van der Waals surface area contributed by atoms with E-state index in [2.05, 4.69) is 16.4 Å². The fourth-order valence-electron chi connectivity index (χ4n) is 6.56. The molecule has 11 nitrogen and oxygen atoms in total. The molecular weight excluding hydrogens is 634 g/mol. The van der Waals surface area contributed by atoms with Crippen molar-refractivity contribution in [2.45, 2.75) is 65.1 Å². The third-order valence-corrected chi connectivity index (χ3v) is 8.75. The Bertz CT molecular complexity index is 2130. The Hall–Kier alpha value is -5.51. The zero-order valence-electron chi connectivity index (χ0n) is 28.2. The van der Waals surface area contributed by atoms with Crippen molar-refractivity contribution in [1.82, 2.24) is 14.5 Å². The Labute approximate surface area is 281 Å². The van der Waals surface area contributed by atoms with E-state index in [9.17, 15) is 19.6 Å². The van der Waals surface area contributed by atoms with Gasteiger partial charge in [0.25, 0.3) is 5.56 Å². The monoisotopic (exact) mass is 670 g/mol. The van der Waals surface area contributed by atoms with E-state index >= 15 is 8.78 Å². The normalized spacial score (nSPS) is 17.4. The van der Waals surface area contributed by atoms with Crippen LogP contribution in [0.1, 0.15) is 58.6 Å². The lowest BCUT2D eigenvalue weighted by Gasteiger charge is -2.48. The van der Waals surface area contributed by atoms with Crippen LogP contribution in [0.25, 0.3) is 28.0 Å². The molecule has 0 radical (unpaired) electrons. The van der Waals surface area contributed by atoms with Gasteiger partial charge in [-0.25, -0.2) is 18.6 Å². The summed E-state index contributed by atoms with van der Waals surface area (Å²) < 4.78 is 43.9. The second-order valence-corrected chi connectivity index (χ2v) is 13.5. The van der Waals surface area contributed by atoms with E-state index in [0.717, 1.165) is 12.1 Å². The van der Waals surface area contributed by atoms with Gasteiger partial charge in [-0.1, -0.05) is 32.0 Å². The van der Waals surface area contributed by atoms with Gasteiger partial charge in [-0.15, -0.1) is 0 Å². The van der Waals surface area contributed by atoms with Crippen molar-refractivity contribution in [2.24, 2.45) is 0 Å². The number of carbonyl (C=O) groups is 2. The van der Waals surface area contributed by atoms with Crippen molar-refractivity contribution >= 4 is 34.4 Å². The van der Waals surface area contributed by atoms with Crippen molar-refractivity contribution < 1.29 is 27.8 Å². The van der Waals surface area contributed by atoms with E-state index in [1.54, 1.807) is 50.8 Å². The quantitative estimate of drug-likeness (QED) is 0.276. The topological polar surface area (TPSA) is 130 Å². The number of methoxy groups -OCH3 is 1. The number of aromatic nitrogens is 2. The molecular formula is C36H36F2N6O5. The molecule has 0 saturated carbocycles. The lowest BCUT2D eigenvalue weighted by atomic mass is 9.96. The first-order valence-electron chi connectivity index (χ1n) is 15.9. The zero-order valence-corrected chi connectivity index (χ0v) is 28.2. The molecule has 1 saturated heterocycles. The molecule has 0 bridgehead atoms. The van der Waals surface area contributed by atoms with Crippen LogP contribution in [0.15, 0.2) is 47.3 Å². The molecule has 254 valence electrons. The van der Waals surface area contributed by atoms with Crippen LogP contribution < -0.4 is 20.5 Å². The van der Waals surface area contributed by atoms with Gasteiger partial charge in [-0.3, -0.25) is 14.2 Å². The molecule has 49 heavy (non-hydrogen) atoms. The summed E-state index contributed by atoms with van der Waals surface area (Å²) in [7, 11) is 1.32. The first kappa shape index (κ1) is 33.4. The molecule has 2 aliphatic rings. The summed E-state index contributed by atoms with van der Waals surface area (Å²) in [5.74, 6) is -2.40. The fourth-order valence-corrected chi connectivity index (χ4v) is 6.56. The fraction of sp³-hybridized carbons (Fsp3) is 0.361. The Kier molecular flexibility index (Phi) is 8.30. The van der Waals surface area contributed by atoms with Gasteiger partial charge in [0.15, 0.2) is 11.5 Å². The van der Waals surface area contributed by atoms with Crippen LogP contribution in [0.5, 0.6) is 5.75 Å². The number of amides is 2. The Morgan fingerprint density at radius 3 is 2.45 bits per heavy atom. The van der Waals surface area contributed by atoms with E-state index in [0.29, 0.717) is 5.56 Å². The van der Waals surface area contributed by atoms with E-state index < -0.39 is 52.6 Å². The number of nitrogens with zero attached hydrogens (tertiary/aromatic N) is 5. The summed E-state index contributed by atoms with van der Waals surface area (Å²) in [6.07, 6.45) is -0.593. The van der Waals surface area contributed by atoms with Gasteiger partial charge in [-0.2, -0.15) is 5.26 Å². The number of anilines is 2. The smallest absolute Gasteiger partial charge is 0.410 e. The highest BCUT2D eigenvalue weighted by Crippen LogP contribution is 2.42. The largest absolute Gasteiger partial charge is 0.496 e. The number of rotatable bonds is 4. The Morgan fingerprint density at radius 2 is 1.80 bits per heavy atom. The van der Waals surface area contributed by atoms with Crippen molar-refractivity contribution in [1.29, 1.82) is 5.26 Å². The molecule has 2 unspecified atom stereocenters. The van der Waals surface area contributed by atoms with Crippen LogP contribution in [0.4, 0.5) is 25.0 Å². The number of hydrogen-bond donors (Lipinski definition) is 1. The van der Waals surface area contributed by atoms with E-state index in [1.165, 1.54) is 28.7 Å². The summed E-state index contributed by atoms with van der Waals surface area (Å²) >= 11 is 0.